The van der Waals surface area contributed by atoms with E-state index in [1.807, 2.05) is 70.2 Å². The van der Waals surface area contributed by atoms with E-state index < -0.39 is 6.04 Å². The molecular weight excluding hydrogens is 388 g/mol. The number of hydrogen-bond acceptors (Lipinski definition) is 3. The van der Waals surface area contributed by atoms with Gasteiger partial charge in [0.05, 0.1) is 0 Å². The second-order valence-corrected chi connectivity index (χ2v) is 8.63. The minimum Gasteiger partial charge on any atom is -0.483 e. The van der Waals surface area contributed by atoms with E-state index in [-0.39, 0.29) is 18.4 Å². The summed E-state index contributed by atoms with van der Waals surface area (Å²) in [5.74, 6) is 0.707. The lowest BCUT2D eigenvalue weighted by atomic mass is 10.1. The van der Waals surface area contributed by atoms with Gasteiger partial charge in [0.15, 0.2) is 6.61 Å². The first-order valence-electron chi connectivity index (χ1n) is 11.0. The molecule has 2 amide bonds. The Morgan fingerprint density at radius 1 is 1.03 bits per heavy atom. The van der Waals surface area contributed by atoms with Crippen LogP contribution in [0, 0.1) is 26.7 Å². The normalized spacial score (nSPS) is 11.8. The summed E-state index contributed by atoms with van der Waals surface area (Å²) >= 11 is 0. The predicted molar refractivity (Wildman–Crippen MR) is 125 cm³/mol. The molecule has 0 aliphatic carbocycles. The van der Waals surface area contributed by atoms with Crippen molar-refractivity contribution >= 4 is 11.8 Å². The van der Waals surface area contributed by atoms with Crippen LogP contribution in [0.2, 0.25) is 0 Å². The van der Waals surface area contributed by atoms with Gasteiger partial charge in [-0.05, 0) is 50.3 Å². The van der Waals surface area contributed by atoms with E-state index >= 15 is 0 Å². The van der Waals surface area contributed by atoms with Crippen molar-refractivity contribution < 1.29 is 14.3 Å². The van der Waals surface area contributed by atoms with E-state index in [1.165, 1.54) is 0 Å². The molecule has 0 saturated heterocycles. The monoisotopic (exact) mass is 424 g/mol. The molecule has 1 N–H and O–H groups in total. The highest BCUT2D eigenvalue weighted by molar-refractivity contribution is 5.88. The lowest BCUT2D eigenvalue weighted by molar-refractivity contribution is -0.143. The number of ether oxygens (including phenoxy) is 1. The van der Waals surface area contributed by atoms with Crippen LogP contribution in [0.4, 0.5) is 0 Å². The van der Waals surface area contributed by atoms with E-state index in [9.17, 15) is 9.59 Å². The van der Waals surface area contributed by atoms with Gasteiger partial charge in [-0.25, -0.2) is 0 Å². The van der Waals surface area contributed by atoms with Gasteiger partial charge in [-0.3, -0.25) is 9.59 Å². The fourth-order valence-corrected chi connectivity index (χ4v) is 3.53. The quantitative estimate of drug-likeness (QED) is 0.608. The molecule has 1 atom stereocenters. The summed E-state index contributed by atoms with van der Waals surface area (Å²) in [6.07, 6.45) is 0.533. The van der Waals surface area contributed by atoms with Gasteiger partial charge in [-0.1, -0.05) is 68.3 Å². The first-order chi connectivity index (χ1) is 14.7. The number of benzene rings is 2. The lowest BCUT2D eigenvalue weighted by Crippen LogP contribution is -2.50. The van der Waals surface area contributed by atoms with E-state index in [0.717, 1.165) is 22.3 Å². The largest absolute Gasteiger partial charge is 0.483 e. The van der Waals surface area contributed by atoms with Crippen LogP contribution < -0.4 is 10.1 Å². The van der Waals surface area contributed by atoms with Crippen LogP contribution in [-0.2, 0) is 16.1 Å². The summed E-state index contributed by atoms with van der Waals surface area (Å²) in [7, 11) is 0. The lowest BCUT2D eigenvalue weighted by Gasteiger charge is -2.31. The van der Waals surface area contributed by atoms with Gasteiger partial charge in [0, 0.05) is 13.1 Å². The Morgan fingerprint density at radius 3 is 2.35 bits per heavy atom. The molecule has 1 unspecified atom stereocenters. The summed E-state index contributed by atoms with van der Waals surface area (Å²) in [5, 5.41) is 2.98. The zero-order valence-corrected chi connectivity index (χ0v) is 19.7. The number of carbonyl (C=O) groups excluding carboxylic acids is 2. The molecule has 0 fully saturated rings. The number of hydrogen-bond donors (Lipinski definition) is 1. The van der Waals surface area contributed by atoms with Crippen LogP contribution >= 0.6 is 0 Å². The summed E-state index contributed by atoms with van der Waals surface area (Å²) in [4.78, 5) is 27.8. The minimum atomic E-state index is -0.547. The third kappa shape index (κ3) is 7.42. The topological polar surface area (TPSA) is 58.6 Å². The van der Waals surface area contributed by atoms with Crippen LogP contribution in [0.1, 0.15) is 49.4 Å². The molecule has 2 rings (SSSR count). The van der Waals surface area contributed by atoms with Gasteiger partial charge >= 0.3 is 0 Å². The molecular formula is C26H36N2O3. The summed E-state index contributed by atoms with van der Waals surface area (Å²) in [5.41, 5.74) is 4.24. The highest BCUT2D eigenvalue weighted by atomic mass is 16.5. The first-order valence-corrected chi connectivity index (χ1v) is 11.0. The molecule has 2 aromatic carbocycles. The van der Waals surface area contributed by atoms with Gasteiger partial charge in [-0.2, -0.15) is 0 Å². The van der Waals surface area contributed by atoms with E-state index in [2.05, 4.69) is 19.2 Å². The fraction of sp³-hybridized carbons (Fsp3) is 0.462. The Balaban J connectivity index is 2.21. The highest BCUT2D eigenvalue weighted by Gasteiger charge is 2.29. The second-order valence-electron chi connectivity index (χ2n) is 8.63. The molecule has 0 aliphatic heterocycles. The number of amides is 2. The fourth-order valence-electron chi connectivity index (χ4n) is 3.53. The molecule has 0 heterocycles. The van der Waals surface area contributed by atoms with Crippen molar-refractivity contribution in [1.29, 1.82) is 0 Å². The molecule has 0 aromatic heterocycles. The van der Waals surface area contributed by atoms with Crippen molar-refractivity contribution in [2.45, 2.75) is 60.5 Å². The zero-order chi connectivity index (χ0) is 23.0. The van der Waals surface area contributed by atoms with E-state index in [0.29, 0.717) is 31.2 Å². The molecule has 0 radical (unpaired) electrons. The maximum Gasteiger partial charge on any atom is 0.261 e. The maximum absolute atomic E-state index is 13.2. The minimum absolute atomic E-state index is 0.107. The third-order valence-corrected chi connectivity index (χ3v) is 5.19. The number of rotatable bonds is 10. The van der Waals surface area contributed by atoms with Gasteiger partial charge in [-0.15, -0.1) is 0 Å². The first kappa shape index (κ1) is 24.4. The van der Waals surface area contributed by atoms with Crippen LogP contribution in [0.5, 0.6) is 5.75 Å². The highest BCUT2D eigenvalue weighted by Crippen LogP contribution is 2.20. The summed E-state index contributed by atoms with van der Waals surface area (Å²) < 4.78 is 5.85. The molecule has 168 valence electrons. The van der Waals surface area contributed by atoms with Crippen LogP contribution in [0.15, 0.2) is 42.5 Å². The zero-order valence-electron chi connectivity index (χ0n) is 19.7. The molecule has 2 aromatic rings. The molecule has 0 aliphatic rings. The maximum atomic E-state index is 13.2. The Kier molecular flexibility index (Phi) is 9.10. The van der Waals surface area contributed by atoms with Crippen molar-refractivity contribution in [2.75, 3.05) is 13.2 Å². The standard InChI is InChI=1S/C26H36N2O3/c1-7-23(26(30)27-15-18(2)3)28(16-22-10-8-9-19(4)14-22)25(29)17-31-24-12-11-20(5)13-21(24)6/h8-14,18,23H,7,15-17H2,1-6H3,(H,27,30). The Morgan fingerprint density at radius 2 is 1.74 bits per heavy atom. The van der Waals surface area contributed by atoms with Crippen molar-refractivity contribution in [3.63, 3.8) is 0 Å². The van der Waals surface area contributed by atoms with Crippen LogP contribution in [0.3, 0.4) is 0 Å². The number of carbonyl (C=O) groups is 2. The van der Waals surface area contributed by atoms with Gasteiger partial charge in [0.1, 0.15) is 11.8 Å². The van der Waals surface area contributed by atoms with Crippen molar-refractivity contribution in [3.8, 4) is 5.75 Å². The summed E-state index contributed by atoms with van der Waals surface area (Å²) in [6.45, 7) is 12.9. The smallest absolute Gasteiger partial charge is 0.261 e. The Labute approximate surface area is 186 Å². The average molecular weight is 425 g/mol. The number of aryl methyl sites for hydroxylation is 3. The number of nitrogens with zero attached hydrogens (tertiary/aromatic N) is 1. The molecule has 5 nitrogen and oxygen atoms in total. The van der Waals surface area contributed by atoms with Gasteiger partial charge < -0.3 is 15.0 Å². The average Bonchev–Trinajstić information content (AvgIpc) is 2.71. The predicted octanol–water partition coefficient (Wildman–Crippen LogP) is 4.57. The van der Waals surface area contributed by atoms with Gasteiger partial charge in [0.2, 0.25) is 5.91 Å². The Hall–Kier alpha value is -2.82. The Bertz CT molecular complexity index is 892. The number of nitrogens with one attached hydrogen (secondary N) is 1. The van der Waals surface area contributed by atoms with E-state index in [1.54, 1.807) is 4.90 Å². The third-order valence-electron chi connectivity index (χ3n) is 5.19. The van der Waals surface area contributed by atoms with Crippen LogP contribution in [-0.4, -0.2) is 35.9 Å². The van der Waals surface area contributed by atoms with Crippen LogP contribution in [0.25, 0.3) is 0 Å². The molecule has 0 saturated carbocycles. The van der Waals surface area contributed by atoms with Gasteiger partial charge in [0.25, 0.3) is 5.91 Å². The molecule has 31 heavy (non-hydrogen) atoms. The van der Waals surface area contributed by atoms with Crippen molar-refractivity contribution in [3.05, 3.63) is 64.7 Å². The van der Waals surface area contributed by atoms with Crippen molar-refractivity contribution in [1.82, 2.24) is 10.2 Å². The SMILES string of the molecule is CCC(C(=O)NCC(C)C)N(Cc1cccc(C)c1)C(=O)COc1ccc(C)cc1C. The molecule has 5 heteroatoms. The summed E-state index contributed by atoms with van der Waals surface area (Å²) in [6, 6.07) is 13.3. The van der Waals surface area contributed by atoms with Crippen molar-refractivity contribution in [2.24, 2.45) is 5.92 Å². The molecule has 0 bridgehead atoms. The van der Waals surface area contributed by atoms with E-state index in [4.69, 9.17) is 4.74 Å². The second kappa shape index (κ2) is 11.5. The molecule has 0 spiro atoms.